The van der Waals surface area contributed by atoms with Crippen LogP contribution in [0.25, 0.3) is 0 Å². The molecule has 1 aliphatic heterocycles. The van der Waals surface area contributed by atoms with Crippen LogP contribution in [0, 0.1) is 6.92 Å². The Bertz CT molecular complexity index is 537. The summed E-state index contributed by atoms with van der Waals surface area (Å²) in [7, 11) is 0. The lowest BCUT2D eigenvalue weighted by atomic mass is 10.0. The number of fused-ring (bicyclic) bond motifs is 1. The largest absolute Gasteiger partial charge is 0.507 e. The molecule has 0 saturated carbocycles. The Balaban J connectivity index is 2.74. The molecule has 0 bridgehead atoms. The van der Waals surface area contributed by atoms with E-state index in [0.717, 1.165) is 4.90 Å². The highest BCUT2D eigenvalue weighted by Crippen LogP contribution is 2.38. The third kappa shape index (κ3) is 1.52. The number of phenolic OH excluding ortho intramolecular Hbond substituents is 1. The first-order valence-electron chi connectivity index (χ1n) is 5.26. The number of imide groups is 1. The molecule has 90 valence electrons. The summed E-state index contributed by atoms with van der Waals surface area (Å²) in [5, 5.41) is 10.1. The van der Waals surface area contributed by atoms with Crippen molar-refractivity contribution in [2.45, 2.75) is 26.8 Å². The summed E-state index contributed by atoms with van der Waals surface area (Å²) in [5.41, 5.74) is 0.614. The average molecular weight is 254 g/mol. The van der Waals surface area contributed by atoms with E-state index in [1.165, 1.54) is 6.07 Å². The number of hydrogen-bond acceptors (Lipinski definition) is 3. The maximum Gasteiger partial charge on any atom is 0.265 e. The summed E-state index contributed by atoms with van der Waals surface area (Å²) >= 11 is 5.97. The van der Waals surface area contributed by atoms with Gasteiger partial charge in [0.15, 0.2) is 0 Å². The van der Waals surface area contributed by atoms with E-state index in [1.54, 1.807) is 20.8 Å². The van der Waals surface area contributed by atoms with E-state index in [2.05, 4.69) is 0 Å². The van der Waals surface area contributed by atoms with Gasteiger partial charge in [-0.15, -0.1) is 0 Å². The normalized spacial score (nSPS) is 14.8. The van der Waals surface area contributed by atoms with Gasteiger partial charge in [0.25, 0.3) is 11.8 Å². The van der Waals surface area contributed by atoms with Crippen LogP contribution in [0.1, 0.15) is 40.1 Å². The molecule has 1 aromatic carbocycles. The highest BCUT2D eigenvalue weighted by atomic mass is 35.5. The molecule has 0 aromatic heterocycles. The Labute approximate surface area is 104 Å². The van der Waals surface area contributed by atoms with E-state index in [1.807, 2.05) is 0 Å². The Morgan fingerprint density at radius 1 is 1.24 bits per heavy atom. The number of aromatic hydroxyl groups is 1. The molecule has 0 radical (unpaired) electrons. The molecule has 0 aliphatic carbocycles. The zero-order valence-corrected chi connectivity index (χ0v) is 10.5. The number of amides is 2. The fourth-order valence-corrected chi connectivity index (χ4v) is 2.32. The average Bonchev–Trinajstić information content (AvgIpc) is 2.47. The zero-order chi connectivity index (χ0) is 12.9. The first-order chi connectivity index (χ1) is 7.86. The van der Waals surface area contributed by atoms with Crippen LogP contribution in [0.3, 0.4) is 0 Å². The van der Waals surface area contributed by atoms with E-state index >= 15 is 0 Å². The third-order valence-corrected chi connectivity index (χ3v) is 3.12. The van der Waals surface area contributed by atoms with Crippen LogP contribution < -0.4 is 0 Å². The summed E-state index contributed by atoms with van der Waals surface area (Å²) in [6, 6.07) is 1.23. The molecule has 2 rings (SSSR count). The molecular weight excluding hydrogens is 242 g/mol. The van der Waals surface area contributed by atoms with Crippen LogP contribution in [0.2, 0.25) is 5.02 Å². The molecule has 0 saturated heterocycles. The van der Waals surface area contributed by atoms with Crippen LogP contribution in [-0.2, 0) is 0 Å². The van der Waals surface area contributed by atoms with Gasteiger partial charge in [0, 0.05) is 6.04 Å². The number of phenols is 1. The topological polar surface area (TPSA) is 57.6 Å². The number of carbonyl (C=O) groups excluding carboxylic acids is 2. The van der Waals surface area contributed by atoms with Gasteiger partial charge in [0.2, 0.25) is 0 Å². The Morgan fingerprint density at radius 3 is 2.29 bits per heavy atom. The third-order valence-electron chi connectivity index (χ3n) is 2.82. The van der Waals surface area contributed by atoms with Crippen molar-refractivity contribution in [2.75, 3.05) is 0 Å². The van der Waals surface area contributed by atoms with Gasteiger partial charge < -0.3 is 5.11 Å². The molecule has 4 nitrogen and oxygen atoms in total. The first-order valence-corrected chi connectivity index (χ1v) is 5.64. The van der Waals surface area contributed by atoms with Crippen molar-refractivity contribution in [3.8, 4) is 5.75 Å². The second-order valence-electron chi connectivity index (χ2n) is 4.35. The Kier molecular flexibility index (Phi) is 2.62. The molecule has 0 atom stereocenters. The lowest BCUT2D eigenvalue weighted by Crippen LogP contribution is -2.35. The number of hydrogen-bond donors (Lipinski definition) is 1. The van der Waals surface area contributed by atoms with Gasteiger partial charge in [0.05, 0.1) is 16.1 Å². The van der Waals surface area contributed by atoms with E-state index in [4.69, 9.17) is 11.6 Å². The number of benzene rings is 1. The van der Waals surface area contributed by atoms with Crippen LogP contribution in [0.4, 0.5) is 0 Å². The number of aryl methyl sites for hydroxylation is 1. The predicted molar refractivity (Wildman–Crippen MR) is 63.5 cm³/mol. The summed E-state index contributed by atoms with van der Waals surface area (Å²) < 4.78 is 0. The van der Waals surface area contributed by atoms with Gasteiger partial charge in [-0.3, -0.25) is 14.5 Å². The summed E-state index contributed by atoms with van der Waals surface area (Å²) in [6.45, 7) is 5.11. The minimum atomic E-state index is -0.483. The molecular formula is C12H12ClNO3. The smallest absolute Gasteiger partial charge is 0.265 e. The molecule has 5 heteroatoms. The number of halogens is 1. The number of rotatable bonds is 1. The molecule has 1 heterocycles. The van der Waals surface area contributed by atoms with Gasteiger partial charge in [0.1, 0.15) is 5.75 Å². The predicted octanol–water partition coefficient (Wildman–Crippen LogP) is 2.36. The second kappa shape index (κ2) is 3.74. The second-order valence-corrected chi connectivity index (χ2v) is 4.76. The molecule has 1 N–H and O–H groups in total. The highest BCUT2D eigenvalue weighted by Gasteiger charge is 2.41. The van der Waals surface area contributed by atoms with Crippen LogP contribution in [0.5, 0.6) is 5.75 Å². The molecule has 1 aromatic rings. The zero-order valence-electron chi connectivity index (χ0n) is 9.74. The first kappa shape index (κ1) is 11.9. The maximum atomic E-state index is 12.1. The Morgan fingerprint density at radius 2 is 1.76 bits per heavy atom. The standard InChI is InChI=1S/C12H12ClNO3/c1-5(2)14-11(16)8-7(13)4-6(3)10(15)9(8)12(14)17/h4-5,15H,1-3H3. The van der Waals surface area contributed by atoms with Gasteiger partial charge in [-0.2, -0.15) is 0 Å². The molecule has 1 aliphatic rings. The number of nitrogens with zero attached hydrogens (tertiary/aromatic N) is 1. The summed E-state index contributed by atoms with van der Waals surface area (Å²) in [6.07, 6.45) is 0. The van der Waals surface area contributed by atoms with Gasteiger partial charge >= 0.3 is 0 Å². The molecule has 0 unspecified atom stereocenters. The van der Waals surface area contributed by atoms with Crippen LogP contribution in [-0.4, -0.2) is 27.9 Å². The lowest BCUT2D eigenvalue weighted by Gasteiger charge is -2.17. The fraction of sp³-hybridized carbons (Fsp3) is 0.333. The van der Waals surface area contributed by atoms with Crippen molar-refractivity contribution in [2.24, 2.45) is 0 Å². The van der Waals surface area contributed by atoms with Gasteiger partial charge in [-0.05, 0) is 32.4 Å². The van der Waals surface area contributed by atoms with Crippen LogP contribution in [0.15, 0.2) is 6.07 Å². The van der Waals surface area contributed by atoms with Crippen molar-refractivity contribution in [1.29, 1.82) is 0 Å². The minimum absolute atomic E-state index is 0.0219. The minimum Gasteiger partial charge on any atom is -0.507 e. The van der Waals surface area contributed by atoms with Crippen molar-refractivity contribution in [1.82, 2.24) is 4.90 Å². The maximum absolute atomic E-state index is 12.1. The highest BCUT2D eigenvalue weighted by molar-refractivity contribution is 6.37. The van der Waals surface area contributed by atoms with Crippen molar-refractivity contribution < 1.29 is 14.7 Å². The summed E-state index contributed by atoms with van der Waals surface area (Å²) in [4.78, 5) is 25.2. The quantitative estimate of drug-likeness (QED) is 0.782. The van der Waals surface area contributed by atoms with E-state index < -0.39 is 11.8 Å². The SMILES string of the molecule is Cc1cc(Cl)c2c(c1O)C(=O)N(C(C)C)C2=O. The molecule has 0 fully saturated rings. The number of carbonyl (C=O) groups is 2. The van der Waals surface area contributed by atoms with Crippen molar-refractivity contribution in [3.05, 3.63) is 27.8 Å². The van der Waals surface area contributed by atoms with Gasteiger partial charge in [-0.1, -0.05) is 11.6 Å². The van der Waals surface area contributed by atoms with Crippen molar-refractivity contribution in [3.63, 3.8) is 0 Å². The summed E-state index contributed by atoms with van der Waals surface area (Å²) in [5.74, 6) is -1.09. The lowest BCUT2D eigenvalue weighted by molar-refractivity contribution is 0.0608. The fourth-order valence-electron chi connectivity index (χ4n) is 1.99. The molecule has 0 spiro atoms. The Hall–Kier alpha value is -1.55. The monoisotopic (exact) mass is 253 g/mol. The van der Waals surface area contributed by atoms with Gasteiger partial charge in [-0.25, -0.2) is 0 Å². The van der Waals surface area contributed by atoms with Crippen LogP contribution >= 0.6 is 11.6 Å². The van der Waals surface area contributed by atoms with E-state index in [9.17, 15) is 14.7 Å². The molecule has 17 heavy (non-hydrogen) atoms. The van der Waals surface area contributed by atoms with E-state index in [0.29, 0.717) is 5.56 Å². The molecule has 2 amide bonds. The van der Waals surface area contributed by atoms with Crippen molar-refractivity contribution >= 4 is 23.4 Å². The van der Waals surface area contributed by atoms with E-state index in [-0.39, 0.29) is 27.9 Å².